The molecule has 5 heteroatoms. The molecule has 0 saturated carbocycles. The van der Waals surface area contributed by atoms with Crippen molar-refractivity contribution in [3.05, 3.63) is 42.5 Å². The third kappa shape index (κ3) is 1.25. The smallest absolute Gasteiger partial charge is 0.116 e. The molecular formula is C11H9N5. The maximum atomic E-state index is 4.21. The van der Waals surface area contributed by atoms with Gasteiger partial charge in [0, 0.05) is 6.20 Å². The highest BCUT2D eigenvalue weighted by atomic mass is 15.4. The minimum atomic E-state index is 0.838. The molecule has 0 aliphatic rings. The molecule has 0 aliphatic heterocycles. The van der Waals surface area contributed by atoms with Crippen LogP contribution in [0.1, 0.15) is 5.69 Å². The molecule has 3 rings (SSSR count). The highest BCUT2D eigenvalue weighted by Crippen LogP contribution is 2.18. The van der Waals surface area contributed by atoms with Gasteiger partial charge in [0.25, 0.3) is 0 Å². The Bertz CT molecular complexity index is 629. The molecule has 0 unspecified atom stereocenters. The first kappa shape index (κ1) is 8.96. The van der Waals surface area contributed by atoms with Gasteiger partial charge in [-0.3, -0.25) is 0 Å². The second kappa shape index (κ2) is 3.37. The van der Waals surface area contributed by atoms with Gasteiger partial charge in [-0.2, -0.15) is 0 Å². The molecule has 0 saturated heterocycles. The first-order valence-electron chi connectivity index (χ1n) is 4.94. The van der Waals surface area contributed by atoms with Crippen molar-refractivity contribution in [1.29, 1.82) is 0 Å². The zero-order chi connectivity index (χ0) is 11.0. The van der Waals surface area contributed by atoms with Crippen LogP contribution in [0.4, 0.5) is 0 Å². The van der Waals surface area contributed by atoms with Gasteiger partial charge in [0.05, 0.1) is 22.6 Å². The summed E-state index contributed by atoms with van der Waals surface area (Å²) in [6, 6.07) is 7.78. The van der Waals surface area contributed by atoms with Crippen LogP contribution in [0.2, 0.25) is 0 Å². The van der Waals surface area contributed by atoms with E-state index in [1.807, 2.05) is 31.2 Å². The van der Waals surface area contributed by atoms with Crippen molar-refractivity contribution in [2.75, 3.05) is 0 Å². The Morgan fingerprint density at radius 1 is 1.19 bits per heavy atom. The lowest BCUT2D eigenvalue weighted by molar-refractivity contribution is 0.852. The summed E-state index contributed by atoms with van der Waals surface area (Å²) in [7, 11) is 0. The summed E-state index contributed by atoms with van der Waals surface area (Å²) in [6.45, 7) is 1.94. The number of pyridine rings is 1. The standard InChI is InChI=1S/C11H9N5/c1-8-10-3-2-4-11(16(10)15-14-8)9-5-6-12-7-13-9/h2-7H,1H3. The van der Waals surface area contributed by atoms with Crippen molar-refractivity contribution in [2.24, 2.45) is 0 Å². The van der Waals surface area contributed by atoms with Gasteiger partial charge in [-0.25, -0.2) is 14.5 Å². The van der Waals surface area contributed by atoms with E-state index in [-0.39, 0.29) is 0 Å². The molecule has 0 spiro atoms. The van der Waals surface area contributed by atoms with Crippen LogP contribution in [-0.4, -0.2) is 24.8 Å². The summed E-state index contributed by atoms with van der Waals surface area (Å²) in [5.41, 5.74) is 3.66. The molecule has 0 aromatic carbocycles. The third-order valence-corrected chi connectivity index (χ3v) is 2.46. The van der Waals surface area contributed by atoms with Crippen LogP contribution in [0.15, 0.2) is 36.8 Å². The molecule has 16 heavy (non-hydrogen) atoms. The highest BCUT2D eigenvalue weighted by Gasteiger charge is 2.07. The Kier molecular flexibility index (Phi) is 1.89. The van der Waals surface area contributed by atoms with E-state index >= 15 is 0 Å². The van der Waals surface area contributed by atoms with Gasteiger partial charge in [-0.15, -0.1) is 5.10 Å². The Balaban J connectivity index is 2.32. The summed E-state index contributed by atoms with van der Waals surface area (Å²) in [6.07, 6.45) is 3.24. The first-order chi connectivity index (χ1) is 7.86. The summed E-state index contributed by atoms with van der Waals surface area (Å²) in [5, 5.41) is 8.15. The van der Waals surface area contributed by atoms with Gasteiger partial charge in [-0.1, -0.05) is 11.3 Å². The number of nitrogens with zero attached hydrogens (tertiary/aromatic N) is 5. The maximum Gasteiger partial charge on any atom is 0.116 e. The van der Waals surface area contributed by atoms with E-state index in [4.69, 9.17) is 0 Å². The van der Waals surface area contributed by atoms with E-state index in [9.17, 15) is 0 Å². The average Bonchev–Trinajstić information content (AvgIpc) is 2.73. The van der Waals surface area contributed by atoms with Crippen LogP contribution in [0.25, 0.3) is 16.9 Å². The second-order valence-corrected chi connectivity index (χ2v) is 3.48. The Morgan fingerprint density at radius 3 is 2.94 bits per heavy atom. The number of hydrogen-bond donors (Lipinski definition) is 0. The molecule has 0 bridgehead atoms. The molecule has 0 aliphatic carbocycles. The van der Waals surface area contributed by atoms with Crippen LogP contribution >= 0.6 is 0 Å². The second-order valence-electron chi connectivity index (χ2n) is 3.48. The van der Waals surface area contributed by atoms with Gasteiger partial charge < -0.3 is 0 Å². The van der Waals surface area contributed by atoms with E-state index in [0.717, 1.165) is 22.6 Å². The van der Waals surface area contributed by atoms with Gasteiger partial charge in [-0.05, 0) is 25.1 Å². The summed E-state index contributed by atoms with van der Waals surface area (Å²) >= 11 is 0. The molecule has 0 N–H and O–H groups in total. The molecule has 5 nitrogen and oxygen atoms in total. The number of aromatic nitrogens is 5. The van der Waals surface area contributed by atoms with Crippen molar-refractivity contribution >= 4 is 5.52 Å². The van der Waals surface area contributed by atoms with E-state index in [1.165, 1.54) is 6.33 Å². The zero-order valence-corrected chi connectivity index (χ0v) is 8.70. The van der Waals surface area contributed by atoms with Gasteiger partial charge >= 0.3 is 0 Å². The monoisotopic (exact) mass is 211 g/mol. The van der Waals surface area contributed by atoms with Crippen molar-refractivity contribution < 1.29 is 0 Å². The zero-order valence-electron chi connectivity index (χ0n) is 8.70. The fourth-order valence-electron chi connectivity index (χ4n) is 1.67. The summed E-state index contributed by atoms with van der Waals surface area (Å²) < 4.78 is 1.79. The molecule has 0 atom stereocenters. The lowest BCUT2D eigenvalue weighted by Gasteiger charge is -2.02. The van der Waals surface area contributed by atoms with E-state index in [2.05, 4.69) is 20.3 Å². The van der Waals surface area contributed by atoms with E-state index in [0.29, 0.717) is 0 Å². The number of fused-ring (bicyclic) bond motifs is 1. The normalized spacial score (nSPS) is 10.8. The SMILES string of the molecule is Cc1nnn2c(-c3ccncn3)cccc12. The highest BCUT2D eigenvalue weighted by molar-refractivity contribution is 5.62. The molecule has 3 aromatic rings. The molecule has 3 aromatic heterocycles. The molecule has 3 heterocycles. The first-order valence-corrected chi connectivity index (χ1v) is 4.94. The lowest BCUT2D eigenvalue weighted by atomic mass is 10.2. The summed E-state index contributed by atoms with van der Waals surface area (Å²) in [4.78, 5) is 8.11. The quantitative estimate of drug-likeness (QED) is 0.612. The van der Waals surface area contributed by atoms with Crippen LogP contribution in [0.3, 0.4) is 0 Å². The Hall–Kier alpha value is -2.30. The molecular weight excluding hydrogens is 202 g/mol. The van der Waals surface area contributed by atoms with Crippen molar-refractivity contribution in [2.45, 2.75) is 6.92 Å². The minimum Gasteiger partial charge on any atom is -0.245 e. The van der Waals surface area contributed by atoms with Crippen LogP contribution < -0.4 is 0 Å². The largest absolute Gasteiger partial charge is 0.245 e. The van der Waals surface area contributed by atoms with Gasteiger partial charge in [0.15, 0.2) is 0 Å². The maximum absolute atomic E-state index is 4.21. The third-order valence-electron chi connectivity index (χ3n) is 2.46. The van der Waals surface area contributed by atoms with Gasteiger partial charge in [0.2, 0.25) is 0 Å². The van der Waals surface area contributed by atoms with Crippen molar-refractivity contribution in [3.63, 3.8) is 0 Å². The van der Waals surface area contributed by atoms with Crippen LogP contribution in [0, 0.1) is 6.92 Å². The number of aryl methyl sites for hydroxylation is 1. The molecule has 0 amide bonds. The van der Waals surface area contributed by atoms with Crippen LogP contribution in [-0.2, 0) is 0 Å². The number of rotatable bonds is 1. The Morgan fingerprint density at radius 2 is 2.12 bits per heavy atom. The van der Waals surface area contributed by atoms with Gasteiger partial charge in [0.1, 0.15) is 6.33 Å². The summed E-state index contributed by atoms with van der Waals surface area (Å²) in [5.74, 6) is 0. The van der Waals surface area contributed by atoms with Crippen molar-refractivity contribution in [3.8, 4) is 11.4 Å². The topological polar surface area (TPSA) is 56.0 Å². The minimum absolute atomic E-state index is 0.838. The predicted molar refractivity (Wildman–Crippen MR) is 58.8 cm³/mol. The predicted octanol–water partition coefficient (Wildman–Crippen LogP) is 1.49. The lowest BCUT2D eigenvalue weighted by Crippen LogP contribution is -1.95. The van der Waals surface area contributed by atoms with E-state index < -0.39 is 0 Å². The number of hydrogen-bond acceptors (Lipinski definition) is 4. The molecule has 0 radical (unpaired) electrons. The Labute approximate surface area is 91.8 Å². The van der Waals surface area contributed by atoms with Crippen LogP contribution in [0.5, 0.6) is 0 Å². The fraction of sp³-hybridized carbons (Fsp3) is 0.0909. The molecule has 78 valence electrons. The fourth-order valence-corrected chi connectivity index (χ4v) is 1.67. The van der Waals surface area contributed by atoms with Crippen molar-refractivity contribution in [1.82, 2.24) is 24.8 Å². The average molecular weight is 211 g/mol. The molecule has 0 fully saturated rings. The van der Waals surface area contributed by atoms with E-state index in [1.54, 1.807) is 10.7 Å².